The van der Waals surface area contributed by atoms with Crippen molar-refractivity contribution in [2.24, 2.45) is 0 Å². The van der Waals surface area contributed by atoms with Crippen LogP contribution in [0.4, 0.5) is 5.69 Å². The Kier molecular flexibility index (Phi) is 6.08. The molecule has 3 N–H and O–H groups in total. The second-order valence-electron chi connectivity index (χ2n) is 5.44. The lowest BCUT2D eigenvalue weighted by atomic mass is 10.1. The maximum absolute atomic E-state index is 11.9. The van der Waals surface area contributed by atoms with Gasteiger partial charge in [-0.15, -0.1) is 0 Å². The van der Waals surface area contributed by atoms with Crippen molar-refractivity contribution >= 4 is 34.9 Å². The van der Waals surface area contributed by atoms with Crippen molar-refractivity contribution in [1.82, 2.24) is 5.32 Å². The van der Waals surface area contributed by atoms with Crippen LogP contribution in [0, 0.1) is 13.8 Å². The highest BCUT2D eigenvalue weighted by Gasteiger charge is 2.08. The molecular formula is C18H18N2O4S. The molecule has 1 amide bonds. The quantitative estimate of drug-likeness (QED) is 0.713. The van der Waals surface area contributed by atoms with Gasteiger partial charge in [-0.3, -0.25) is 10.1 Å². The van der Waals surface area contributed by atoms with Gasteiger partial charge in [0.05, 0.1) is 5.56 Å². The fraction of sp³-hybridized carbons (Fsp3) is 0.167. The van der Waals surface area contributed by atoms with Crippen molar-refractivity contribution in [3.63, 3.8) is 0 Å². The van der Waals surface area contributed by atoms with Crippen molar-refractivity contribution in [3.05, 3.63) is 59.2 Å². The summed E-state index contributed by atoms with van der Waals surface area (Å²) in [6.07, 6.45) is 0. The van der Waals surface area contributed by atoms with E-state index in [9.17, 15) is 9.59 Å². The van der Waals surface area contributed by atoms with E-state index in [0.29, 0.717) is 11.4 Å². The number of anilines is 1. The molecule has 7 heteroatoms. The summed E-state index contributed by atoms with van der Waals surface area (Å²) < 4.78 is 5.48. The number of carbonyl (C=O) groups is 2. The summed E-state index contributed by atoms with van der Waals surface area (Å²) in [5.41, 5.74) is 2.81. The molecule has 2 aromatic rings. The lowest BCUT2D eigenvalue weighted by molar-refractivity contribution is -0.121. The maximum Gasteiger partial charge on any atom is 0.335 e. The summed E-state index contributed by atoms with van der Waals surface area (Å²) in [6, 6.07) is 11.7. The molecule has 130 valence electrons. The van der Waals surface area contributed by atoms with Gasteiger partial charge in [-0.25, -0.2) is 4.79 Å². The van der Waals surface area contributed by atoms with Gasteiger partial charge in [0.15, 0.2) is 11.7 Å². The molecule has 0 bridgehead atoms. The maximum atomic E-state index is 11.9. The first kappa shape index (κ1) is 18.4. The van der Waals surface area contributed by atoms with Gasteiger partial charge in [-0.1, -0.05) is 17.7 Å². The number of carboxylic acids is 1. The Balaban J connectivity index is 1.83. The number of aromatic carboxylic acids is 1. The van der Waals surface area contributed by atoms with E-state index in [1.165, 1.54) is 12.1 Å². The number of aryl methyl sites for hydroxylation is 2. The molecule has 0 aliphatic heterocycles. The number of carbonyl (C=O) groups excluding carboxylic acids is 1. The summed E-state index contributed by atoms with van der Waals surface area (Å²) in [5.74, 6) is -0.755. The highest BCUT2D eigenvalue weighted by molar-refractivity contribution is 7.80. The Hall–Kier alpha value is -2.93. The summed E-state index contributed by atoms with van der Waals surface area (Å²) in [4.78, 5) is 22.7. The van der Waals surface area contributed by atoms with Crippen LogP contribution in [0.25, 0.3) is 0 Å². The van der Waals surface area contributed by atoms with E-state index >= 15 is 0 Å². The van der Waals surface area contributed by atoms with Gasteiger partial charge in [0.2, 0.25) is 0 Å². The van der Waals surface area contributed by atoms with E-state index in [0.717, 1.165) is 11.1 Å². The molecule has 0 unspecified atom stereocenters. The molecule has 0 spiro atoms. The predicted molar refractivity (Wildman–Crippen MR) is 99.2 cm³/mol. The number of rotatable bonds is 5. The minimum absolute atomic E-state index is 0.109. The molecular weight excluding hydrogens is 340 g/mol. The highest BCUT2D eigenvalue weighted by atomic mass is 32.1. The summed E-state index contributed by atoms with van der Waals surface area (Å²) in [5, 5.41) is 14.3. The van der Waals surface area contributed by atoms with Gasteiger partial charge in [-0.2, -0.15) is 0 Å². The summed E-state index contributed by atoms with van der Waals surface area (Å²) in [7, 11) is 0. The Morgan fingerprint density at radius 3 is 2.40 bits per heavy atom. The minimum Gasteiger partial charge on any atom is -0.483 e. The fourth-order valence-corrected chi connectivity index (χ4v) is 2.36. The predicted octanol–water partition coefficient (Wildman–Crippen LogP) is 2.89. The summed E-state index contributed by atoms with van der Waals surface area (Å²) in [6.45, 7) is 3.73. The Morgan fingerprint density at radius 1 is 1.12 bits per heavy atom. The van der Waals surface area contributed by atoms with Crippen LogP contribution in [-0.4, -0.2) is 28.7 Å². The smallest absolute Gasteiger partial charge is 0.335 e. The average molecular weight is 358 g/mol. The molecule has 0 radical (unpaired) electrons. The zero-order valence-corrected chi connectivity index (χ0v) is 14.6. The summed E-state index contributed by atoms with van der Waals surface area (Å²) >= 11 is 5.06. The molecule has 0 atom stereocenters. The number of hydrogen-bond donors (Lipinski definition) is 3. The molecule has 6 nitrogen and oxygen atoms in total. The van der Waals surface area contributed by atoms with Crippen molar-refractivity contribution < 1.29 is 19.4 Å². The molecule has 0 aliphatic rings. The molecule has 2 rings (SSSR count). The first-order chi connectivity index (χ1) is 11.8. The molecule has 25 heavy (non-hydrogen) atoms. The van der Waals surface area contributed by atoms with Crippen LogP contribution in [0.1, 0.15) is 21.5 Å². The number of hydrogen-bond acceptors (Lipinski definition) is 4. The highest BCUT2D eigenvalue weighted by Crippen LogP contribution is 2.18. The Morgan fingerprint density at radius 2 is 1.80 bits per heavy atom. The molecule has 0 aliphatic carbocycles. The topological polar surface area (TPSA) is 87.7 Å². The molecule has 0 saturated heterocycles. The van der Waals surface area contributed by atoms with Crippen LogP contribution >= 0.6 is 12.2 Å². The number of carboxylic acid groups (broad SMARTS) is 1. The fourth-order valence-electron chi connectivity index (χ4n) is 2.13. The zero-order valence-electron chi connectivity index (χ0n) is 13.8. The Labute approximate surface area is 150 Å². The molecule has 0 saturated carbocycles. The van der Waals surface area contributed by atoms with Crippen molar-refractivity contribution in [2.75, 3.05) is 11.9 Å². The van der Waals surface area contributed by atoms with E-state index in [-0.39, 0.29) is 23.2 Å². The van der Waals surface area contributed by atoms with E-state index < -0.39 is 5.97 Å². The van der Waals surface area contributed by atoms with Gasteiger partial charge in [0.25, 0.3) is 5.91 Å². The number of ether oxygens (including phenoxy) is 1. The molecule has 0 fully saturated rings. The number of amides is 1. The number of benzene rings is 2. The molecule has 0 aromatic heterocycles. The van der Waals surface area contributed by atoms with Crippen LogP contribution in [0.15, 0.2) is 42.5 Å². The van der Waals surface area contributed by atoms with Crippen LogP contribution in [0.3, 0.4) is 0 Å². The Bertz CT molecular complexity index is 803. The van der Waals surface area contributed by atoms with E-state index in [1.54, 1.807) is 12.1 Å². The normalized spacial score (nSPS) is 10.0. The monoisotopic (exact) mass is 358 g/mol. The molecule has 2 aromatic carbocycles. The van der Waals surface area contributed by atoms with Crippen molar-refractivity contribution in [3.8, 4) is 5.75 Å². The van der Waals surface area contributed by atoms with E-state index in [4.69, 9.17) is 22.1 Å². The zero-order chi connectivity index (χ0) is 18.4. The van der Waals surface area contributed by atoms with Gasteiger partial charge in [0, 0.05) is 5.69 Å². The SMILES string of the molecule is Cc1ccc(OCC(=O)NC(=S)Nc2ccc(C(=O)O)cc2)c(C)c1. The van der Waals surface area contributed by atoms with Gasteiger partial charge < -0.3 is 15.2 Å². The molecule has 0 heterocycles. The second kappa shape index (κ2) is 8.25. The second-order valence-corrected chi connectivity index (χ2v) is 5.85. The van der Waals surface area contributed by atoms with Crippen LogP contribution in [0.2, 0.25) is 0 Å². The van der Waals surface area contributed by atoms with Crippen LogP contribution in [0.5, 0.6) is 5.75 Å². The van der Waals surface area contributed by atoms with Crippen LogP contribution in [-0.2, 0) is 4.79 Å². The average Bonchev–Trinajstić information content (AvgIpc) is 2.54. The van der Waals surface area contributed by atoms with Crippen molar-refractivity contribution in [1.29, 1.82) is 0 Å². The van der Waals surface area contributed by atoms with Crippen LogP contribution < -0.4 is 15.4 Å². The van der Waals surface area contributed by atoms with Crippen molar-refractivity contribution in [2.45, 2.75) is 13.8 Å². The van der Waals surface area contributed by atoms with Gasteiger partial charge in [0.1, 0.15) is 5.75 Å². The van der Waals surface area contributed by atoms with Gasteiger partial charge >= 0.3 is 5.97 Å². The minimum atomic E-state index is -1.01. The third-order valence-corrected chi connectivity index (χ3v) is 3.54. The largest absolute Gasteiger partial charge is 0.483 e. The number of thiocarbonyl (C=S) groups is 1. The van der Waals surface area contributed by atoms with E-state index in [1.807, 2.05) is 32.0 Å². The third kappa shape index (κ3) is 5.58. The lowest BCUT2D eigenvalue weighted by Gasteiger charge is -2.12. The van der Waals surface area contributed by atoms with E-state index in [2.05, 4.69) is 10.6 Å². The first-order valence-corrected chi connectivity index (χ1v) is 7.90. The lowest BCUT2D eigenvalue weighted by Crippen LogP contribution is -2.37. The standard InChI is InChI=1S/C18H18N2O4S/c1-11-3-8-15(12(2)9-11)24-10-16(21)20-18(25)19-14-6-4-13(5-7-14)17(22)23/h3-9H,10H2,1-2H3,(H,22,23)(H2,19,20,21,25). The van der Waals surface area contributed by atoms with Gasteiger partial charge in [-0.05, 0) is 62.0 Å². The first-order valence-electron chi connectivity index (χ1n) is 7.49. The number of nitrogens with one attached hydrogen (secondary N) is 2. The third-order valence-electron chi connectivity index (χ3n) is 3.33.